The maximum Gasteiger partial charge on any atom is 0.211 e. The molecule has 1 atom stereocenters. The number of benzene rings is 2. The second-order valence-corrected chi connectivity index (χ2v) is 10.9. The molecule has 0 radical (unpaired) electrons. The van der Waals surface area contributed by atoms with Crippen molar-refractivity contribution >= 4 is 31.8 Å². The van der Waals surface area contributed by atoms with Crippen LogP contribution in [0.3, 0.4) is 0 Å². The van der Waals surface area contributed by atoms with Crippen LogP contribution in [0.4, 0.5) is 8.78 Å². The van der Waals surface area contributed by atoms with Gasteiger partial charge in [0.15, 0.2) is 0 Å². The highest BCUT2D eigenvalue weighted by atomic mass is 32.2. The van der Waals surface area contributed by atoms with Gasteiger partial charge >= 0.3 is 0 Å². The van der Waals surface area contributed by atoms with Crippen molar-refractivity contribution in [3.8, 4) is 0 Å². The minimum atomic E-state index is -3.49. The summed E-state index contributed by atoms with van der Waals surface area (Å²) in [6.07, 6.45) is 2.71. The Balaban J connectivity index is 1.73. The van der Waals surface area contributed by atoms with Crippen LogP contribution in [0.5, 0.6) is 0 Å². The minimum absolute atomic E-state index is 0.0488. The van der Waals surface area contributed by atoms with Crippen LogP contribution in [0.15, 0.2) is 36.4 Å². The van der Waals surface area contributed by atoms with Gasteiger partial charge in [0.2, 0.25) is 10.0 Å². The molecule has 30 heavy (non-hydrogen) atoms. The van der Waals surface area contributed by atoms with E-state index in [1.165, 1.54) is 28.6 Å². The van der Waals surface area contributed by atoms with Gasteiger partial charge in [-0.3, -0.25) is 0 Å². The standard InChI is InChI=1S/C22H26F2N2O3S/c1-14-8-17(9-14)26(30(3,28)29)13-22(2,27)12-25-20-6-4-15(23)10-18(20)19-11-16(24)5-7-21(19)25/h4-7,10-11,14,17,27H,8-9,12-13H2,1-3H3. The summed E-state index contributed by atoms with van der Waals surface area (Å²) in [5.41, 5.74) is -0.0790. The first kappa shape index (κ1) is 21.2. The SMILES string of the molecule is CC1CC(N(CC(C)(O)Cn2c3ccc(F)cc3c3cc(F)ccc32)S(C)(=O)=O)C1. The Kier molecular flexibility index (Phi) is 5.15. The summed E-state index contributed by atoms with van der Waals surface area (Å²) >= 11 is 0. The van der Waals surface area contributed by atoms with E-state index in [9.17, 15) is 22.3 Å². The first-order chi connectivity index (χ1) is 13.9. The molecule has 0 saturated heterocycles. The van der Waals surface area contributed by atoms with E-state index in [0.717, 1.165) is 19.1 Å². The van der Waals surface area contributed by atoms with Gasteiger partial charge in [-0.15, -0.1) is 0 Å². The summed E-state index contributed by atoms with van der Waals surface area (Å²) in [6, 6.07) is 8.42. The van der Waals surface area contributed by atoms with Crippen LogP contribution in [0, 0.1) is 17.6 Å². The van der Waals surface area contributed by atoms with E-state index in [0.29, 0.717) is 27.7 Å². The maximum atomic E-state index is 13.9. The predicted octanol–water partition coefficient (Wildman–Crippen LogP) is 3.88. The number of sulfonamides is 1. The molecular weight excluding hydrogens is 410 g/mol. The summed E-state index contributed by atoms with van der Waals surface area (Å²) in [6.45, 7) is 3.70. The van der Waals surface area contributed by atoms with Crippen molar-refractivity contribution in [1.29, 1.82) is 0 Å². The molecule has 1 N–H and O–H groups in total. The Labute approximate surface area is 175 Å². The van der Waals surface area contributed by atoms with Crippen molar-refractivity contribution in [3.05, 3.63) is 48.0 Å². The fourth-order valence-electron chi connectivity index (χ4n) is 4.56. The minimum Gasteiger partial charge on any atom is -0.387 e. The summed E-state index contributed by atoms with van der Waals surface area (Å²) in [7, 11) is -3.49. The van der Waals surface area contributed by atoms with Gasteiger partial charge in [-0.25, -0.2) is 17.2 Å². The van der Waals surface area contributed by atoms with E-state index >= 15 is 0 Å². The molecule has 0 aliphatic heterocycles. The highest BCUT2D eigenvalue weighted by Gasteiger charge is 2.39. The molecule has 5 nitrogen and oxygen atoms in total. The lowest BCUT2D eigenvalue weighted by atomic mass is 9.81. The maximum absolute atomic E-state index is 13.9. The number of halogens is 2. The Morgan fingerprint density at radius 1 is 1.10 bits per heavy atom. The topological polar surface area (TPSA) is 62.5 Å². The van der Waals surface area contributed by atoms with Gasteiger partial charge in [-0.05, 0) is 62.1 Å². The third-order valence-electron chi connectivity index (χ3n) is 5.97. The van der Waals surface area contributed by atoms with E-state index in [2.05, 4.69) is 6.92 Å². The van der Waals surface area contributed by atoms with Crippen LogP contribution in [-0.2, 0) is 16.6 Å². The zero-order chi connectivity index (χ0) is 21.8. The molecule has 0 bridgehead atoms. The van der Waals surface area contributed by atoms with Gasteiger partial charge in [0, 0.05) is 34.4 Å². The first-order valence-electron chi connectivity index (χ1n) is 10.0. The normalized spacial score (nSPS) is 21.8. The van der Waals surface area contributed by atoms with Gasteiger partial charge in [0.1, 0.15) is 11.6 Å². The molecule has 4 rings (SSSR count). The smallest absolute Gasteiger partial charge is 0.211 e. The van der Waals surface area contributed by atoms with Gasteiger partial charge in [-0.1, -0.05) is 6.92 Å². The molecule has 1 aliphatic carbocycles. The summed E-state index contributed by atoms with van der Waals surface area (Å²) in [5, 5.41) is 12.3. The largest absolute Gasteiger partial charge is 0.387 e. The van der Waals surface area contributed by atoms with Crippen molar-refractivity contribution in [3.63, 3.8) is 0 Å². The zero-order valence-corrected chi connectivity index (χ0v) is 18.1. The van der Waals surface area contributed by atoms with Gasteiger partial charge in [0.25, 0.3) is 0 Å². The fraction of sp³-hybridized carbons (Fsp3) is 0.455. The molecule has 1 aromatic heterocycles. The molecule has 1 heterocycles. The van der Waals surface area contributed by atoms with Crippen molar-refractivity contribution < 1.29 is 22.3 Å². The molecule has 1 aliphatic rings. The Hall–Kier alpha value is -2.03. The van der Waals surface area contributed by atoms with Crippen LogP contribution < -0.4 is 0 Å². The lowest BCUT2D eigenvalue weighted by Gasteiger charge is -2.42. The molecule has 1 unspecified atom stereocenters. The average molecular weight is 437 g/mol. The van der Waals surface area contributed by atoms with E-state index in [1.54, 1.807) is 23.6 Å². The fourth-order valence-corrected chi connectivity index (χ4v) is 5.78. The average Bonchev–Trinajstić information content (AvgIpc) is 2.88. The number of aliphatic hydroxyl groups is 1. The molecular formula is C22H26F2N2O3S. The second kappa shape index (κ2) is 7.28. The molecule has 0 spiro atoms. The van der Waals surface area contributed by atoms with Crippen LogP contribution in [0.1, 0.15) is 26.7 Å². The monoisotopic (exact) mass is 436 g/mol. The summed E-state index contributed by atoms with van der Waals surface area (Å²) in [5.74, 6) is -0.397. The summed E-state index contributed by atoms with van der Waals surface area (Å²) in [4.78, 5) is 0. The van der Waals surface area contributed by atoms with Gasteiger partial charge in [-0.2, -0.15) is 4.31 Å². The Morgan fingerprint density at radius 2 is 1.60 bits per heavy atom. The van der Waals surface area contributed by atoms with E-state index in [4.69, 9.17) is 0 Å². The van der Waals surface area contributed by atoms with Gasteiger partial charge in [0.05, 0.1) is 18.4 Å². The molecule has 3 aromatic rings. The molecule has 1 saturated carbocycles. The van der Waals surface area contributed by atoms with Crippen molar-refractivity contribution in [1.82, 2.24) is 8.87 Å². The van der Waals surface area contributed by atoms with Crippen LogP contribution >= 0.6 is 0 Å². The second-order valence-electron chi connectivity index (χ2n) is 8.94. The van der Waals surface area contributed by atoms with E-state index in [1.807, 2.05) is 0 Å². The van der Waals surface area contributed by atoms with Crippen molar-refractivity contribution in [2.24, 2.45) is 5.92 Å². The van der Waals surface area contributed by atoms with Gasteiger partial charge < -0.3 is 9.67 Å². The number of rotatable bonds is 6. The number of hydrogen-bond donors (Lipinski definition) is 1. The lowest BCUT2D eigenvalue weighted by Crippen LogP contribution is -2.53. The Morgan fingerprint density at radius 3 is 2.03 bits per heavy atom. The highest BCUT2D eigenvalue weighted by molar-refractivity contribution is 7.88. The van der Waals surface area contributed by atoms with Crippen LogP contribution in [0.2, 0.25) is 0 Å². The van der Waals surface area contributed by atoms with E-state index in [-0.39, 0.29) is 19.1 Å². The molecule has 1 fully saturated rings. The highest BCUT2D eigenvalue weighted by Crippen LogP contribution is 2.35. The molecule has 2 aromatic carbocycles. The predicted molar refractivity (Wildman–Crippen MR) is 114 cm³/mol. The third kappa shape index (κ3) is 3.96. The third-order valence-corrected chi connectivity index (χ3v) is 7.25. The molecule has 0 amide bonds. The number of aromatic nitrogens is 1. The van der Waals surface area contributed by atoms with Crippen molar-refractivity contribution in [2.75, 3.05) is 12.8 Å². The summed E-state index contributed by atoms with van der Waals surface area (Å²) < 4.78 is 55.7. The van der Waals surface area contributed by atoms with Crippen LogP contribution in [0.25, 0.3) is 21.8 Å². The number of fused-ring (bicyclic) bond motifs is 3. The number of hydrogen-bond acceptors (Lipinski definition) is 3. The molecule has 162 valence electrons. The zero-order valence-electron chi connectivity index (χ0n) is 17.3. The van der Waals surface area contributed by atoms with Crippen LogP contribution in [-0.4, -0.2) is 46.8 Å². The molecule has 8 heteroatoms. The Bertz CT molecular complexity index is 1150. The quantitative estimate of drug-likeness (QED) is 0.638. The van der Waals surface area contributed by atoms with Crippen molar-refractivity contribution in [2.45, 2.75) is 44.9 Å². The van der Waals surface area contributed by atoms with E-state index < -0.39 is 27.3 Å². The first-order valence-corrected chi connectivity index (χ1v) is 11.9. The lowest BCUT2D eigenvalue weighted by molar-refractivity contribution is 0.00588. The number of nitrogens with zero attached hydrogens (tertiary/aromatic N) is 2.